The molecule has 0 bridgehead atoms. The molecule has 20 heavy (non-hydrogen) atoms. The van der Waals surface area contributed by atoms with Crippen molar-refractivity contribution in [1.29, 1.82) is 0 Å². The lowest BCUT2D eigenvalue weighted by atomic mass is 10.0. The molecule has 0 spiro atoms. The lowest BCUT2D eigenvalue weighted by Gasteiger charge is -2.21. The highest BCUT2D eigenvalue weighted by molar-refractivity contribution is 5.74. The molecule has 0 aromatic carbocycles. The highest BCUT2D eigenvalue weighted by Crippen LogP contribution is 2.16. The summed E-state index contributed by atoms with van der Waals surface area (Å²) in [4.78, 5) is 14.1. The van der Waals surface area contributed by atoms with Crippen LogP contribution in [-0.2, 0) is 13.0 Å². The summed E-state index contributed by atoms with van der Waals surface area (Å²) in [7, 11) is 0. The average molecular weight is 279 g/mol. The number of likely N-dealkylation sites (tertiary alicyclic amines) is 1. The molecule has 1 aliphatic heterocycles. The zero-order valence-corrected chi connectivity index (χ0v) is 12.5. The maximum absolute atomic E-state index is 12.1. The van der Waals surface area contributed by atoms with E-state index in [9.17, 15) is 4.79 Å². The second-order valence-corrected chi connectivity index (χ2v) is 5.55. The Morgan fingerprint density at radius 2 is 2.30 bits per heavy atom. The summed E-state index contributed by atoms with van der Waals surface area (Å²) in [5.74, 6) is 1.69. The number of amides is 2. The molecule has 6 heteroatoms. The Morgan fingerprint density at radius 3 is 3.10 bits per heavy atom. The van der Waals surface area contributed by atoms with Gasteiger partial charge < -0.3 is 14.8 Å². The summed E-state index contributed by atoms with van der Waals surface area (Å²) in [6.07, 6.45) is 6.03. The van der Waals surface area contributed by atoms with Crippen molar-refractivity contribution in [2.24, 2.45) is 5.92 Å². The molecule has 0 aliphatic carbocycles. The van der Waals surface area contributed by atoms with Crippen molar-refractivity contribution < 1.29 is 4.79 Å². The molecule has 1 atom stereocenters. The van der Waals surface area contributed by atoms with Crippen LogP contribution in [0.15, 0.2) is 6.33 Å². The van der Waals surface area contributed by atoms with Crippen molar-refractivity contribution in [2.45, 2.75) is 46.1 Å². The Kier molecular flexibility index (Phi) is 5.38. The van der Waals surface area contributed by atoms with Gasteiger partial charge in [-0.2, -0.15) is 0 Å². The van der Waals surface area contributed by atoms with Gasteiger partial charge in [-0.05, 0) is 25.2 Å². The predicted molar refractivity (Wildman–Crippen MR) is 77.4 cm³/mol. The van der Waals surface area contributed by atoms with Crippen molar-refractivity contribution in [3.05, 3.63) is 12.2 Å². The van der Waals surface area contributed by atoms with Gasteiger partial charge in [0.1, 0.15) is 12.2 Å². The second-order valence-electron chi connectivity index (χ2n) is 5.55. The molecule has 2 amide bonds. The molecule has 1 N–H and O–H groups in total. The van der Waals surface area contributed by atoms with Crippen molar-refractivity contribution in [3.63, 3.8) is 0 Å². The van der Waals surface area contributed by atoms with E-state index in [4.69, 9.17) is 0 Å². The molecular formula is C14H25N5O. The summed E-state index contributed by atoms with van der Waals surface area (Å²) in [6, 6.07) is 0.0604. The highest BCUT2D eigenvalue weighted by atomic mass is 16.2. The SMILES string of the molecule is CCc1nncn1CCNC(=O)N1CCC[C@H](C)CC1. The first-order valence-electron chi connectivity index (χ1n) is 7.60. The monoisotopic (exact) mass is 279 g/mol. The first-order chi connectivity index (χ1) is 9.70. The topological polar surface area (TPSA) is 63.1 Å². The summed E-state index contributed by atoms with van der Waals surface area (Å²) < 4.78 is 1.99. The fraction of sp³-hybridized carbons (Fsp3) is 0.786. The van der Waals surface area contributed by atoms with E-state index in [2.05, 4.69) is 29.4 Å². The fourth-order valence-electron chi connectivity index (χ4n) is 2.60. The van der Waals surface area contributed by atoms with Crippen LogP contribution in [0.3, 0.4) is 0 Å². The van der Waals surface area contributed by atoms with Crippen LogP contribution in [0.1, 0.15) is 38.9 Å². The molecule has 1 aromatic heterocycles. The largest absolute Gasteiger partial charge is 0.336 e. The van der Waals surface area contributed by atoms with Crippen molar-refractivity contribution >= 4 is 6.03 Å². The Labute approximate surface area is 120 Å². The number of hydrogen-bond acceptors (Lipinski definition) is 3. The molecule has 1 aliphatic rings. The van der Waals surface area contributed by atoms with Crippen LogP contribution in [0.2, 0.25) is 0 Å². The van der Waals surface area contributed by atoms with Crippen LogP contribution in [-0.4, -0.2) is 45.3 Å². The molecule has 0 radical (unpaired) electrons. The van der Waals surface area contributed by atoms with Crippen molar-refractivity contribution in [1.82, 2.24) is 25.0 Å². The van der Waals surface area contributed by atoms with Crippen LogP contribution in [0.25, 0.3) is 0 Å². The molecule has 2 heterocycles. The van der Waals surface area contributed by atoms with E-state index in [1.165, 1.54) is 6.42 Å². The van der Waals surface area contributed by atoms with E-state index < -0.39 is 0 Å². The number of urea groups is 1. The lowest BCUT2D eigenvalue weighted by molar-refractivity contribution is 0.199. The van der Waals surface area contributed by atoms with E-state index in [1.807, 2.05) is 9.47 Å². The molecule has 6 nitrogen and oxygen atoms in total. The van der Waals surface area contributed by atoms with Crippen molar-refractivity contribution in [2.75, 3.05) is 19.6 Å². The van der Waals surface area contributed by atoms with E-state index in [-0.39, 0.29) is 6.03 Å². The maximum atomic E-state index is 12.1. The Balaban J connectivity index is 1.74. The number of aryl methyl sites for hydroxylation is 1. The van der Waals surface area contributed by atoms with Gasteiger partial charge in [0.15, 0.2) is 0 Å². The van der Waals surface area contributed by atoms with Crippen LogP contribution >= 0.6 is 0 Å². The Morgan fingerprint density at radius 1 is 1.45 bits per heavy atom. The maximum Gasteiger partial charge on any atom is 0.317 e. The van der Waals surface area contributed by atoms with Crippen LogP contribution < -0.4 is 5.32 Å². The van der Waals surface area contributed by atoms with Crippen LogP contribution in [0.4, 0.5) is 4.79 Å². The highest BCUT2D eigenvalue weighted by Gasteiger charge is 2.17. The third-order valence-electron chi connectivity index (χ3n) is 3.94. The number of carbonyl (C=O) groups excluding carboxylic acids is 1. The van der Waals surface area contributed by atoms with Gasteiger partial charge in [0, 0.05) is 32.6 Å². The smallest absolute Gasteiger partial charge is 0.317 e. The first-order valence-corrected chi connectivity index (χ1v) is 7.60. The number of nitrogens with zero attached hydrogens (tertiary/aromatic N) is 4. The van der Waals surface area contributed by atoms with Gasteiger partial charge in [-0.3, -0.25) is 0 Å². The molecule has 112 valence electrons. The minimum atomic E-state index is 0.0604. The Bertz CT molecular complexity index is 431. The van der Waals surface area contributed by atoms with Gasteiger partial charge in [-0.1, -0.05) is 13.8 Å². The van der Waals surface area contributed by atoms with E-state index >= 15 is 0 Å². The number of nitrogens with one attached hydrogen (secondary N) is 1. The van der Waals surface area contributed by atoms with Gasteiger partial charge in [-0.25, -0.2) is 4.79 Å². The summed E-state index contributed by atoms with van der Waals surface area (Å²) in [6.45, 7) is 7.42. The van der Waals surface area contributed by atoms with Gasteiger partial charge in [0.25, 0.3) is 0 Å². The minimum Gasteiger partial charge on any atom is -0.336 e. The number of carbonyl (C=O) groups is 1. The minimum absolute atomic E-state index is 0.0604. The molecular weight excluding hydrogens is 254 g/mol. The summed E-state index contributed by atoms with van der Waals surface area (Å²) >= 11 is 0. The number of hydrogen-bond donors (Lipinski definition) is 1. The second kappa shape index (κ2) is 7.26. The third kappa shape index (κ3) is 3.95. The third-order valence-corrected chi connectivity index (χ3v) is 3.94. The van der Waals surface area contributed by atoms with Gasteiger partial charge >= 0.3 is 6.03 Å². The quantitative estimate of drug-likeness (QED) is 0.912. The number of aromatic nitrogens is 3. The molecule has 1 fully saturated rings. The van der Waals surface area contributed by atoms with E-state index in [0.717, 1.165) is 50.6 Å². The Hall–Kier alpha value is -1.59. The van der Waals surface area contributed by atoms with Gasteiger partial charge in [-0.15, -0.1) is 10.2 Å². The van der Waals surface area contributed by atoms with E-state index in [0.29, 0.717) is 6.54 Å². The molecule has 1 aromatic rings. The summed E-state index contributed by atoms with van der Waals surface area (Å²) in [5.41, 5.74) is 0. The fourth-order valence-corrected chi connectivity index (χ4v) is 2.60. The molecule has 2 rings (SSSR count). The molecule has 1 saturated heterocycles. The van der Waals surface area contributed by atoms with Crippen LogP contribution in [0.5, 0.6) is 0 Å². The van der Waals surface area contributed by atoms with Gasteiger partial charge in [0.2, 0.25) is 0 Å². The average Bonchev–Trinajstić information content (AvgIpc) is 2.78. The van der Waals surface area contributed by atoms with E-state index in [1.54, 1.807) is 6.33 Å². The zero-order chi connectivity index (χ0) is 14.4. The summed E-state index contributed by atoms with van der Waals surface area (Å²) in [5, 5.41) is 10.9. The predicted octanol–water partition coefficient (Wildman–Crippen LogP) is 1.67. The lowest BCUT2D eigenvalue weighted by Crippen LogP contribution is -2.41. The molecule has 0 unspecified atom stereocenters. The van der Waals surface area contributed by atoms with Crippen molar-refractivity contribution in [3.8, 4) is 0 Å². The molecule has 0 saturated carbocycles. The first kappa shape index (κ1) is 14.8. The zero-order valence-electron chi connectivity index (χ0n) is 12.5. The normalized spacial score (nSPS) is 19.7. The number of rotatable bonds is 4. The van der Waals surface area contributed by atoms with Gasteiger partial charge in [0.05, 0.1) is 0 Å². The standard InChI is InChI=1S/C14H25N5O/c1-3-13-17-16-11-19(13)10-7-15-14(20)18-8-4-5-12(2)6-9-18/h11-12H,3-10H2,1-2H3,(H,15,20)/t12-/m0/s1. The van der Waals surface area contributed by atoms with Crippen LogP contribution in [0, 0.1) is 5.92 Å².